The Morgan fingerprint density at radius 2 is 1.96 bits per heavy atom. The van der Waals surface area contributed by atoms with Gasteiger partial charge in [-0.3, -0.25) is 9.78 Å². The molecule has 6 heteroatoms. The van der Waals surface area contributed by atoms with Crippen molar-refractivity contribution < 1.29 is 0 Å². The molecule has 0 N–H and O–H groups in total. The van der Waals surface area contributed by atoms with E-state index >= 15 is 0 Å². The Morgan fingerprint density at radius 3 is 2.64 bits per heavy atom. The number of aryl methyl sites for hydroxylation is 3. The van der Waals surface area contributed by atoms with Crippen molar-refractivity contribution in [3.05, 3.63) is 69.9 Å². The maximum Gasteiger partial charge on any atom is 0.250 e. The Labute approximate surface area is 147 Å². The normalized spacial score (nSPS) is 11.2. The summed E-state index contributed by atoms with van der Waals surface area (Å²) in [4.78, 5) is 21.0. The van der Waals surface area contributed by atoms with Crippen molar-refractivity contribution in [1.29, 1.82) is 0 Å². The highest BCUT2D eigenvalue weighted by molar-refractivity contribution is 5.37. The molecule has 130 valence electrons. The van der Waals surface area contributed by atoms with E-state index in [0.717, 1.165) is 28.6 Å². The Balaban J connectivity index is 1.98. The van der Waals surface area contributed by atoms with E-state index in [1.807, 2.05) is 36.9 Å². The maximum absolute atomic E-state index is 12.1. The van der Waals surface area contributed by atoms with Crippen LogP contribution in [0.2, 0.25) is 0 Å². The Hall–Kier alpha value is -2.76. The van der Waals surface area contributed by atoms with Gasteiger partial charge < -0.3 is 4.57 Å². The van der Waals surface area contributed by atoms with Crippen LogP contribution in [0.3, 0.4) is 0 Å². The average Bonchev–Trinajstić information content (AvgIpc) is 2.99. The summed E-state index contributed by atoms with van der Waals surface area (Å²) in [5, 5.41) is 4.69. The van der Waals surface area contributed by atoms with Gasteiger partial charge in [0, 0.05) is 43.0 Å². The molecule has 3 aromatic heterocycles. The maximum atomic E-state index is 12.1. The molecule has 0 aliphatic heterocycles. The van der Waals surface area contributed by atoms with E-state index in [1.54, 1.807) is 22.9 Å². The van der Waals surface area contributed by atoms with Crippen LogP contribution in [0.1, 0.15) is 42.7 Å². The topological polar surface area (TPSA) is 65.6 Å². The molecule has 0 bridgehead atoms. The molecular formula is C19H23N5O. The van der Waals surface area contributed by atoms with Crippen LogP contribution in [-0.4, -0.2) is 24.3 Å². The minimum Gasteiger partial charge on any atom is -0.312 e. The van der Waals surface area contributed by atoms with Gasteiger partial charge in [0.15, 0.2) is 5.82 Å². The highest BCUT2D eigenvalue weighted by Crippen LogP contribution is 2.18. The number of nitrogens with zero attached hydrogens (tertiary/aromatic N) is 5. The average molecular weight is 337 g/mol. The molecule has 3 heterocycles. The van der Waals surface area contributed by atoms with E-state index in [4.69, 9.17) is 4.98 Å². The zero-order valence-electron chi connectivity index (χ0n) is 15.1. The molecule has 0 saturated heterocycles. The predicted molar refractivity (Wildman–Crippen MR) is 97.1 cm³/mol. The number of rotatable bonds is 5. The second-order valence-corrected chi connectivity index (χ2v) is 6.52. The molecular weight excluding hydrogens is 314 g/mol. The van der Waals surface area contributed by atoms with Crippen molar-refractivity contribution in [2.75, 3.05) is 0 Å². The van der Waals surface area contributed by atoms with Crippen molar-refractivity contribution in [3.8, 4) is 5.69 Å². The first kappa shape index (κ1) is 17.1. The summed E-state index contributed by atoms with van der Waals surface area (Å²) in [7, 11) is 0. The fourth-order valence-electron chi connectivity index (χ4n) is 2.79. The zero-order chi connectivity index (χ0) is 18.0. The van der Waals surface area contributed by atoms with Crippen molar-refractivity contribution in [2.45, 2.75) is 46.6 Å². The van der Waals surface area contributed by atoms with Crippen LogP contribution in [0.5, 0.6) is 0 Å². The van der Waals surface area contributed by atoms with E-state index < -0.39 is 0 Å². The van der Waals surface area contributed by atoms with Crippen molar-refractivity contribution in [1.82, 2.24) is 24.3 Å². The van der Waals surface area contributed by atoms with Crippen molar-refractivity contribution >= 4 is 0 Å². The summed E-state index contributed by atoms with van der Waals surface area (Å²) < 4.78 is 3.66. The standard InChI is InChI=1S/C19H23N5O/c1-13(2)19-21-17(9-11-23-15(4)6-5-7-18(23)25)24(22-19)16-8-10-20-12-14(16)3/h5-8,10,12-13H,9,11H2,1-4H3. The first-order valence-electron chi connectivity index (χ1n) is 8.50. The minimum absolute atomic E-state index is 0.00948. The van der Waals surface area contributed by atoms with Gasteiger partial charge in [-0.1, -0.05) is 19.9 Å². The molecule has 0 unspecified atom stereocenters. The number of hydrogen-bond acceptors (Lipinski definition) is 4. The molecule has 6 nitrogen and oxygen atoms in total. The van der Waals surface area contributed by atoms with Gasteiger partial charge in [0.1, 0.15) is 5.82 Å². The van der Waals surface area contributed by atoms with Crippen LogP contribution in [0.4, 0.5) is 0 Å². The van der Waals surface area contributed by atoms with Gasteiger partial charge in [-0.2, -0.15) is 5.10 Å². The summed E-state index contributed by atoms with van der Waals surface area (Å²) in [5.41, 5.74) is 2.97. The van der Waals surface area contributed by atoms with E-state index in [1.165, 1.54) is 0 Å². The highest BCUT2D eigenvalue weighted by atomic mass is 16.1. The molecule has 0 fully saturated rings. The molecule has 0 atom stereocenters. The van der Waals surface area contributed by atoms with Gasteiger partial charge in [0.25, 0.3) is 5.56 Å². The number of hydrogen-bond donors (Lipinski definition) is 0. The third-order valence-electron chi connectivity index (χ3n) is 4.25. The summed E-state index contributed by atoms with van der Waals surface area (Å²) >= 11 is 0. The lowest BCUT2D eigenvalue weighted by Crippen LogP contribution is -2.22. The van der Waals surface area contributed by atoms with Gasteiger partial charge in [0.2, 0.25) is 0 Å². The minimum atomic E-state index is 0.00948. The molecule has 3 aromatic rings. The fraction of sp³-hybridized carbons (Fsp3) is 0.368. The lowest BCUT2D eigenvalue weighted by molar-refractivity contribution is 0.618. The van der Waals surface area contributed by atoms with Gasteiger partial charge in [0.05, 0.1) is 5.69 Å². The van der Waals surface area contributed by atoms with Crippen molar-refractivity contribution in [2.24, 2.45) is 0 Å². The van der Waals surface area contributed by atoms with Gasteiger partial charge in [-0.15, -0.1) is 0 Å². The van der Waals surface area contributed by atoms with Crippen molar-refractivity contribution in [3.63, 3.8) is 0 Å². The Kier molecular flexibility index (Phi) is 4.79. The molecule has 0 spiro atoms. The third-order valence-corrected chi connectivity index (χ3v) is 4.25. The summed E-state index contributed by atoms with van der Waals surface area (Å²) in [5.74, 6) is 1.90. The lowest BCUT2D eigenvalue weighted by atomic mass is 10.2. The van der Waals surface area contributed by atoms with E-state index in [0.29, 0.717) is 13.0 Å². The predicted octanol–water partition coefficient (Wildman–Crippen LogP) is 2.81. The second kappa shape index (κ2) is 7.01. The Bertz CT molecular complexity index is 939. The molecule has 0 amide bonds. The van der Waals surface area contributed by atoms with Gasteiger partial charge in [-0.05, 0) is 31.5 Å². The second-order valence-electron chi connectivity index (χ2n) is 6.52. The first-order chi connectivity index (χ1) is 12.0. The van der Waals surface area contributed by atoms with E-state index in [-0.39, 0.29) is 11.5 Å². The van der Waals surface area contributed by atoms with Gasteiger partial charge >= 0.3 is 0 Å². The quantitative estimate of drug-likeness (QED) is 0.718. The molecule has 0 aliphatic rings. The molecule has 25 heavy (non-hydrogen) atoms. The monoisotopic (exact) mass is 337 g/mol. The Morgan fingerprint density at radius 1 is 1.16 bits per heavy atom. The van der Waals surface area contributed by atoms with Crippen LogP contribution in [0.25, 0.3) is 5.69 Å². The molecule has 0 aromatic carbocycles. The fourth-order valence-corrected chi connectivity index (χ4v) is 2.79. The van der Waals surface area contributed by atoms with E-state index in [9.17, 15) is 4.79 Å². The smallest absolute Gasteiger partial charge is 0.250 e. The van der Waals surface area contributed by atoms with Crippen LogP contribution in [0, 0.1) is 13.8 Å². The lowest BCUT2D eigenvalue weighted by Gasteiger charge is -2.11. The first-order valence-corrected chi connectivity index (χ1v) is 8.50. The van der Waals surface area contributed by atoms with Crippen LogP contribution < -0.4 is 5.56 Å². The molecule has 0 saturated carbocycles. The SMILES string of the molecule is Cc1cnccc1-n1nc(C(C)C)nc1CCn1c(C)cccc1=O. The number of pyridine rings is 2. The largest absolute Gasteiger partial charge is 0.312 e. The van der Waals surface area contributed by atoms with Crippen LogP contribution in [-0.2, 0) is 13.0 Å². The zero-order valence-corrected chi connectivity index (χ0v) is 15.1. The molecule has 3 rings (SSSR count). The summed E-state index contributed by atoms with van der Waals surface area (Å²) in [6, 6.07) is 7.26. The van der Waals surface area contributed by atoms with Gasteiger partial charge in [-0.25, -0.2) is 9.67 Å². The molecule has 0 radical (unpaired) electrons. The van der Waals surface area contributed by atoms with E-state index in [2.05, 4.69) is 23.9 Å². The number of aromatic nitrogens is 5. The highest BCUT2D eigenvalue weighted by Gasteiger charge is 2.15. The summed E-state index contributed by atoms with van der Waals surface area (Å²) in [6.07, 6.45) is 4.21. The summed E-state index contributed by atoms with van der Waals surface area (Å²) in [6.45, 7) is 8.68. The van der Waals surface area contributed by atoms with Crippen LogP contribution in [0.15, 0.2) is 41.5 Å². The molecule has 0 aliphatic carbocycles. The third kappa shape index (κ3) is 3.52. The van der Waals surface area contributed by atoms with Crippen LogP contribution >= 0.6 is 0 Å².